The van der Waals surface area contributed by atoms with Crippen LogP contribution in [-0.2, 0) is 9.59 Å². The van der Waals surface area contributed by atoms with Crippen LogP contribution in [0.3, 0.4) is 0 Å². The predicted octanol–water partition coefficient (Wildman–Crippen LogP) is 0.797. The van der Waals surface area contributed by atoms with E-state index in [2.05, 4.69) is 29.4 Å². The summed E-state index contributed by atoms with van der Waals surface area (Å²) in [5, 5.41) is 13.4. The second-order valence-electron chi connectivity index (χ2n) is 5.75. The Labute approximate surface area is 125 Å². The van der Waals surface area contributed by atoms with Crippen molar-refractivity contribution in [1.82, 2.24) is 15.5 Å². The summed E-state index contributed by atoms with van der Waals surface area (Å²) in [5.74, 6) is -0.965. The lowest BCUT2D eigenvalue weighted by atomic mass is 10.1. The van der Waals surface area contributed by atoms with E-state index in [1.807, 2.05) is 0 Å². The minimum absolute atomic E-state index is 0.0459. The van der Waals surface area contributed by atoms with Gasteiger partial charge in [-0.1, -0.05) is 0 Å². The number of hydrogen-bond donors (Lipinski definition) is 3. The second kappa shape index (κ2) is 8.61. The Hall–Kier alpha value is -1.63. The number of nitrogens with one attached hydrogen (secondary N) is 2. The molecule has 120 valence electrons. The number of rotatable bonds is 7. The molecule has 1 atom stereocenters. The molecule has 7 heteroatoms. The molecule has 1 rings (SSSR count). The molecule has 0 aromatic carbocycles. The molecule has 7 nitrogen and oxygen atoms in total. The van der Waals surface area contributed by atoms with Crippen molar-refractivity contribution in [2.75, 3.05) is 19.6 Å². The van der Waals surface area contributed by atoms with Gasteiger partial charge in [-0.05, 0) is 39.2 Å². The smallest absolute Gasteiger partial charge is 0.321 e. The summed E-state index contributed by atoms with van der Waals surface area (Å²) in [7, 11) is 0. The van der Waals surface area contributed by atoms with Gasteiger partial charge in [-0.15, -0.1) is 0 Å². The van der Waals surface area contributed by atoms with Gasteiger partial charge >= 0.3 is 12.0 Å². The first-order valence-corrected chi connectivity index (χ1v) is 7.42. The summed E-state index contributed by atoms with van der Waals surface area (Å²) in [6.45, 7) is 6.86. The number of nitrogens with zero attached hydrogens (tertiary/aromatic N) is 1. The molecular formula is C14H25N3O4. The molecule has 0 spiro atoms. The van der Waals surface area contributed by atoms with Crippen molar-refractivity contribution >= 4 is 17.9 Å². The minimum atomic E-state index is -0.941. The third-order valence-corrected chi connectivity index (χ3v) is 3.65. The van der Waals surface area contributed by atoms with Gasteiger partial charge in [0.1, 0.15) is 0 Å². The van der Waals surface area contributed by atoms with Gasteiger partial charge in [0.25, 0.3) is 0 Å². The van der Waals surface area contributed by atoms with E-state index in [9.17, 15) is 14.4 Å². The van der Waals surface area contributed by atoms with Crippen molar-refractivity contribution < 1.29 is 19.5 Å². The van der Waals surface area contributed by atoms with Crippen molar-refractivity contribution in [1.29, 1.82) is 0 Å². The Morgan fingerprint density at radius 2 is 2.00 bits per heavy atom. The SMILES string of the molecule is CC(C)N1CCC(CNC(=O)NC(=O)CCCC(=O)O)C1. The highest BCUT2D eigenvalue weighted by molar-refractivity contribution is 5.94. The number of aliphatic carboxylic acids is 1. The molecule has 21 heavy (non-hydrogen) atoms. The van der Waals surface area contributed by atoms with E-state index in [0.717, 1.165) is 19.5 Å². The molecule has 0 radical (unpaired) electrons. The molecule has 1 aliphatic heterocycles. The lowest BCUT2D eigenvalue weighted by molar-refractivity contribution is -0.137. The zero-order valence-corrected chi connectivity index (χ0v) is 12.7. The van der Waals surface area contributed by atoms with Crippen LogP contribution in [0.1, 0.15) is 39.5 Å². The largest absolute Gasteiger partial charge is 0.481 e. The monoisotopic (exact) mass is 299 g/mol. The van der Waals surface area contributed by atoms with Crippen molar-refractivity contribution in [2.24, 2.45) is 5.92 Å². The van der Waals surface area contributed by atoms with E-state index >= 15 is 0 Å². The average Bonchev–Trinajstić information content (AvgIpc) is 2.84. The molecule has 0 aromatic rings. The van der Waals surface area contributed by atoms with Gasteiger partial charge in [-0.25, -0.2) is 4.79 Å². The molecule has 1 heterocycles. The Bertz CT molecular complexity index is 384. The Morgan fingerprint density at radius 1 is 1.29 bits per heavy atom. The number of carbonyl (C=O) groups excluding carboxylic acids is 2. The van der Waals surface area contributed by atoms with Gasteiger partial charge in [0, 0.05) is 32.0 Å². The number of urea groups is 1. The highest BCUT2D eigenvalue weighted by atomic mass is 16.4. The topological polar surface area (TPSA) is 98.7 Å². The van der Waals surface area contributed by atoms with Crippen LogP contribution in [0.5, 0.6) is 0 Å². The van der Waals surface area contributed by atoms with Crippen molar-refractivity contribution in [3.63, 3.8) is 0 Å². The predicted molar refractivity (Wildman–Crippen MR) is 77.8 cm³/mol. The lowest BCUT2D eigenvalue weighted by Crippen LogP contribution is -2.42. The zero-order chi connectivity index (χ0) is 15.8. The van der Waals surface area contributed by atoms with Crippen LogP contribution in [0.15, 0.2) is 0 Å². The van der Waals surface area contributed by atoms with E-state index in [-0.39, 0.29) is 19.3 Å². The number of carboxylic acids is 1. The molecule has 1 saturated heterocycles. The normalized spacial score (nSPS) is 18.7. The maximum atomic E-state index is 11.5. The summed E-state index contributed by atoms with van der Waals surface area (Å²) in [6, 6.07) is 0.0120. The zero-order valence-electron chi connectivity index (χ0n) is 12.7. The first kappa shape index (κ1) is 17.4. The van der Waals surface area contributed by atoms with Crippen molar-refractivity contribution in [3.8, 4) is 0 Å². The molecule has 3 N–H and O–H groups in total. The Morgan fingerprint density at radius 3 is 2.57 bits per heavy atom. The van der Waals surface area contributed by atoms with Crippen molar-refractivity contribution in [2.45, 2.75) is 45.6 Å². The van der Waals surface area contributed by atoms with Crippen LogP contribution in [0.4, 0.5) is 4.79 Å². The fraction of sp³-hybridized carbons (Fsp3) is 0.786. The highest BCUT2D eigenvalue weighted by Gasteiger charge is 2.24. The second-order valence-corrected chi connectivity index (χ2v) is 5.75. The molecule has 1 unspecified atom stereocenters. The molecule has 1 aliphatic rings. The van der Waals surface area contributed by atoms with Gasteiger partial charge in [-0.2, -0.15) is 0 Å². The number of hydrogen-bond acceptors (Lipinski definition) is 4. The molecule has 0 aliphatic carbocycles. The number of carboxylic acid groups (broad SMARTS) is 1. The fourth-order valence-electron chi connectivity index (χ4n) is 2.37. The molecular weight excluding hydrogens is 274 g/mol. The quantitative estimate of drug-likeness (QED) is 0.646. The first-order valence-electron chi connectivity index (χ1n) is 7.42. The van der Waals surface area contributed by atoms with Gasteiger partial charge in [0.2, 0.25) is 5.91 Å². The van der Waals surface area contributed by atoms with E-state index in [1.54, 1.807) is 0 Å². The summed E-state index contributed by atoms with van der Waals surface area (Å²) < 4.78 is 0. The summed E-state index contributed by atoms with van der Waals surface area (Å²) in [5.41, 5.74) is 0. The van der Waals surface area contributed by atoms with Crippen LogP contribution < -0.4 is 10.6 Å². The van der Waals surface area contributed by atoms with E-state index in [4.69, 9.17) is 5.11 Å². The van der Waals surface area contributed by atoms with Gasteiger partial charge < -0.3 is 15.3 Å². The van der Waals surface area contributed by atoms with Crippen LogP contribution in [0.25, 0.3) is 0 Å². The Balaban J connectivity index is 2.14. The van der Waals surface area contributed by atoms with Crippen LogP contribution in [0.2, 0.25) is 0 Å². The van der Waals surface area contributed by atoms with E-state index in [0.29, 0.717) is 18.5 Å². The standard InChI is InChI=1S/C14H25N3O4/c1-10(2)17-7-6-11(9-17)8-15-14(21)16-12(18)4-3-5-13(19)20/h10-11H,3-9H2,1-2H3,(H,19,20)(H2,15,16,18,21). The van der Waals surface area contributed by atoms with Crippen LogP contribution in [-0.4, -0.2) is 53.6 Å². The molecule has 0 bridgehead atoms. The molecule has 0 aromatic heterocycles. The minimum Gasteiger partial charge on any atom is -0.481 e. The number of imide groups is 1. The summed E-state index contributed by atoms with van der Waals surface area (Å²) >= 11 is 0. The van der Waals surface area contributed by atoms with Gasteiger partial charge in [0.15, 0.2) is 0 Å². The molecule has 1 fully saturated rings. The van der Waals surface area contributed by atoms with E-state index in [1.165, 1.54) is 0 Å². The molecule has 3 amide bonds. The van der Waals surface area contributed by atoms with Crippen LogP contribution in [0, 0.1) is 5.92 Å². The lowest BCUT2D eigenvalue weighted by Gasteiger charge is -2.20. The maximum absolute atomic E-state index is 11.5. The van der Waals surface area contributed by atoms with Crippen LogP contribution >= 0.6 is 0 Å². The summed E-state index contributed by atoms with van der Waals surface area (Å²) in [4.78, 5) is 35.6. The summed E-state index contributed by atoms with van der Waals surface area (Å²) in [6.07, 6.45) is 1.26. The Kier molecular flexibility index (Phi) is 7.14. The molecule has 0 saturated carbocycles. The number of carbonyl (C=O) groups is 3. The number of likely N-dealkylation sites (tertiary alicyclic amines) is 1. The fourth-order valence-corrected chi connectivity index (χ4v) is 2.37. The highest BCUT2D eigenvalue weighted by Crippen LogP contribution is 2.17. The van der Waals surface area contributed by atoms with Gasteiger partial charge in [0.05, 0.1) is 0 Å². The third kappa shape index (κ3) is 7.08. The average molecular weight is 299 g/mol. The first-order chi connectivity index (χ1) is 9.88. The van der Waals surface area contributed by atoms with E-state index < -0.39 is 17.9 Å². The maximum Gasteiger partial charge on any atom is 0.321 e. The number of amides is 3. The van der Waals surface area contributed by atoms with Crippen molar-refractivity contribution in [3.05, 3.63) is 0 Å². The van der Waals surface area contributed by atoms with Gasteiger partial charge in [-0.3, -0.25) is 14.9 Å². The third-order valence-electron chi connectivity index (χ3n) is 3.65.